The first kappa shape index (κ1) is 12.6. The molecule has 0 fully saturated rings. The van der Waals surface area contributed by atoms with Gasteiger partial charge in [0.2, 0.25) is 5.82 Å². The average molecular weight is 290 g/mol. The first-order chi connectivity index (χ1) is 9.66. The van der Waals surface area contributed by atoms with Crippen LogP contribution in [0.1, 0.15) is 0 Å². The molecule has 2 N–H and O–H groups in total. The monoisotopic (exact) mass is 289 g/mol. The average Bonchev–Trinajstić information content (AvgIpc) is 2.88. The Bertz CT molecular complexity index is 752. The van der Waals surface area contributed by atoms with E-state index < -0.39 is 5.82 Å². The number of nitrogens with zero attached hydrogens (tertiary/aromatic N) is 2. The van der Waals surface area contributed by atoms with Crippen LogP contribution >= 0.6 is 11.6 Å². The largest absolute Gasteiger partial charge is 0.398 e. The van der Waals surface area contributed by atoms with Gasteiger partial charge in [-0.2, -0.15) is 4.98 Å². The number of hydrogen-bond donors (Lipinski definition) is 1. The second-order valence-electron chi connectivity index (χ2n) is 4.11. The van der Waals surface area contributed by atoms with E-state index in [0.717, 1.165) is 0 Å². The van der Waals surface area contributed by atoms with Gasteiger partial charge < -0.3 is 10.3 Å². The molecule has 4 nitrogen and oxygen atoms in total. The maximum atomic E-state index is 13.8. The highest BCUT2D eigenvalue weighted by atomic mass is 35.5. The molecular weight excluding hydrogens is 281 g/mol. The molecule has 0 spiro atoms. The van der Waals surface area contributed by atoms with Crippen molar-refractivity contribution in [2.24, 2.45) is 0 Å². The van der Waals surface area contributed by atoms with Crippen LogP contribution in [-0.2, 0) is 0 Å². The van der Waals surface area contributed by atoms with Crippen LogP contribution < -0.4 is 5.73 Å². The van der Waals surface area contributed by atoms with Crippen molar-refractivity contribution < 1.29 is 8.91 Å². The molecular formula is C14H9ClFN3O. The fraction of sp³-hybridized carbons (Fsp3) is 0. The number of halogens is 2. The van der Waals surface area contributed by atoms with E-state index in [1.54, 1.807) is 30.3 Å². The number of hydrogen-bond acceptors (Lipinski definition) is 4. The summed E-state index contributed by atoms with van der Waals surface area (Å²) in [7, 11) is 0. The summed E-state index contributed by atoms with van der Waals surface area (Å²) in [6, 6.07) is 11.4. The summed E-state index contributed by atoms with van der Waals surface area (Å²) in [5.41, 5.74) is 6.68. The summed E-state index contributed by atoms with van der Waals surface area (Å²) < 4.78 is 18.9. The second-order valence-corrected chi connectivity index (χ2v) is 4.51. The van der Waals surface area contributed by atoms with E-state index in [1.165, 1.54) is 12.1 Å². The predicted molar refractivity (Wildman–Crippen MR) is 74.6 cm³/mol. The highest BCUT2D eigenvalue weighted by molar-refractivity contribution is 6.33. The summed E-state index contributed by atoms with van der Waals surface area (Å²) in [6.45, 7) is 0. The normalized spacial score (nSPS) is 10.7. The van der Waals surface area contributed by atoms with Gasteiger partial charge in [0.25, 0.3) is 5.89 Å². The molecule has 0 atom stereocenters. The van der Waals surface area contributed by atoms with Crippen LogP contribution in [0.3, 0.4) is 0 Å². The van der Waals surface area contributed by atoms with Crippen LogP contribution in [0.25, 0.3) is 22.8 Å². The van der Waals surface area contributed by atoms with Crippen LogP contribution in [0.5, 0.6) is 0 Å². The van der Waals surface area contributed by atoms with Crippen molar-refractivity contribution in [3.8, 4) is 22.8 Å². The maximum absolute atomic E-state index is 13.8. The third-order valence-corrected chi connectivity index (χ3v) is 3.13. The quantitative estimate of drug-likeness (QED) is 0.729. The van der Waals surface area contributed by atoms with Crippen LogP contribution in [0.4, 0.5) is 10.1 Å². The van der Waals surface area contributed by atoms with Gasteiger partial charge in [-0.3, -0.25) is 0 Å². The number of rotatable bonds is 2. The van der Waals surface area contributed by atoms with Gasteiger partial charge in [0.15, 0.2) is 0 Å². The topological polar surface area (TPSA) is 64.9 Å². The second kappa shape index (κ2) is 4.94. The van der Waals surface area contributed by atoms with Crippen LogP contribution in [0.15, 0.2) is 47.0 Å². The Morgan fingerprint density at radius 1 is 1.10 bits per heavy atom. The Hall–Kier alpha value is -2.40. The summed E-state index contributed by atoms with van der Waals surface area (Å²) >= 11 is 6.06. The number of aromatic nitrogens is 2. The smallest absolute Gasteiger partial charge is 0.263 e. The van der Waals surface area contributed by atoms with Gasteiger partial charge in [-0.05, 0) is 24.3 Å². The summed E-state index contributed by atoms with van der Waals surface area (Å²) in [5, 5.41) is 4.30. The minimum absolute atomic E-state index is 0.0236. The maximum Gasteiger partial charge on any atom is 0.263 e. The lowest BCUT2D eigenvalue weighted by Gasteiger charge is -2.00. The fourth-order valence-electron chi connectivity index (χ4n) is 1.84. The first-order valence-electron chi connectivity index (χ1n) is 5.80. The van der Waals surface area contributed by atoms with E-state index in [9.17, 15) is 4.39 Å². The third-order valence-electron chi connectivity index (χ3n) is 2.80. The van der Waals surface area contributed by atoms with E-state index in [2.05, 4.69) is 10.1 Å². The van der Waals surface area contributed by atoms with Gasteiger partial charge in [0.1, 0.15) is 5.82 Å². The van der Waals surface area contributed by atoms with Gasteiger partial charge in [0.05, 0.1) is 10.6 Å². The standard InChI is InChI=1S/C14H9ClFN3O/c15-9-5-2-1-4-8(9)13-18-14(20-19-13)12-10(16)6-3-7-11(12)17/h1-7H,17H2. The van der Waals surface area contributed by atoms with Crippen molar-refractivity contribution in [3.63, 3.8) is 0 Å². The molecule has 0 radical (unpaired) electrons. The SMILES string of the molecule is Nc1cccc(F)c1-c1nc(-c2ccccc2Cl)no1. The van der Waals surface area contributed by atoms with Gasteiger partial charge in [0, 0.05) is 11.3 Å². The van der Waals surface area contributed by atoms with Crippen molar-refractivity contribution in [3.05, 3.63) is 53.3 Å². The molecule has 0 amide bonds. The summed E-state index contributed by atoms with van der Waals surface area (Å²) in [5.74, 6) is -0.205. The third kappa shape index (κ3) is 2.12. The van der Waals surface area contributed by atoms with Crippen molar-refractivity contribution in [1.29, 1.82) is 0 Å². The predicted octanol–water partition coefficient (Wildman–Crippen LogP) is 3.78. The molecule has 20 heavy (non-hydrogen) atoms. The Labute approximate surface area is 119 Å². The Kier molecular flexibility index (Phi) is 3.12. The van der Waals surface area contributed by atoms with Crippen molar-refractivity contribution in [1.82, 2.24) is 10.1 Å². The van der Waals surface area contributed by atoms with E-state index in [-0.39, 0.29) is 23.0 Å². The highest BCUT2D eigenvalue weighted by Crippen LogP contribution is 2.31. The minimum Gasteiger partial charge on any atom is -0.398 e. The molecule has 6 heteroatoms. The molecule has 1 aromatic heterocycles. The molecule has 0 aliphatic carbocycles. The molecule has 3 rings (SSSR count). The number of nitrogens with two attached hydrogens (primary N) is 1. The van der Waals surface area contributed by atoms with Crippen molar-refractivity contribution in [2.45, 2.75) is 0 Å². The first-order valence-corrected chi connectivity index (χ1v) is 6.17. The number of benzene rings is 2. The number of anilines is 1. The molecule has 0 bridgehead atoms. The highest BCUT2D eigenvalue weighted by Gasteiger charge is 2.17. The van der Waals surface area contributed by atoms with Crippen LogP contribution in [0, 0.1) is 5.82 Å². The molecule has 0 unspecified atom stereocenters. The zero-order valence-electron chi connectivity index (χ0n) is 10.2. The molecule has 0 aliphatic rings. The number of nitrogen functional groups attached to an aromatic ring is 1. The molecule has 0 aliphatic heterocycles. The van der Waals surface area contributed by atoms with Crippen molar-refractivity contribution in [2.75, 3.05) is 5.73 Å². The Morgan fingerprint density at radius 2 is 1.90 bits per heavy atom. The zero-order valence-corrected chi connectivity index (χ0v) is 10.9. The Balaban J connectivity index is 2.10. The van der Waals surface area contributed by atoms with Crippen LogP contribution in [-0.4, -0.2) is 10.1 Å². The summed E-state index contributed by atoms with van der Waals surface area (Å²) in [6.07, 6.45) is 0. The van der Waals surface area contributed by atoms with Gasteiger partial charge in [-0.1, -0.05) is 35.0 Å². The lowest BCUT2D eigenvalue weighted by Crippen LogP contribution is -1.93. The van der Waals surface area contributed by atoms with Gasteiger partial charge in [-0.15, -0.1) is 0 Å². The van der Waals surface area contributed by atoms with Crippen LogP contribution in [0.2, 0.25) is 5.02 Å². The van der Waals surface area contributed by atoms with E-state index in [4.69, 9.17) is 21.9 Å². The van der Waals surface area contributed by atoms with Gasteiger partial charge >= 0.3 is 0 Å². The van der Waals surface area contributed by atoms with E-state index in [0.29, 0.717) is 10.6 Å². The minimum atomic E-state index is -0.514. The molecule has 0 saturated heterocycles. The molecule has 0 saturated carbocycles. The lowest BCUT2D eigenvalue weighted by atomic mass is 10.1. The molecule has 100 valence electrons. The van der Waals surface area contributed by atoms with E-state index in [1.807, 2.05) is 0 Å². The van der Waals surface area contributed by atoms with Crippen molar-refractivity contribution >= 4 is 17.3 Å². The molecule has 3 aromatic rings. The Morgan fingerprint density at radius 3 is 2.65 bits per heavy atom. The zero-order chi connectivity index (χ0) is 14.1. The summed E-state index contributed by atoms with van der Waals surface area (Å²) in [4.78, 5) is 4.15. The molecule has 1 heterocycles. The lowest BCUT2D eigenvalue weighted by molar-refractivity contribution is 0.430. The van der Waals surface area contributed by atoms with E-state index >= 15 is 0 Å². The fourth-order valence-corrected chi connectivity index (χ4v) is 2.06. The van der Waals surface area contributed by atoms with Gasteiger partial charge in [-0.25, -0.2) is 4.39 Å². The molecule has 2 aromatic carbocycles.